The van der Waals surface area contributed by atoms with Crippen LogP contribution in [0.25, 0.3) is 11.2 Å². The molecule has 8 aromatic rings. The number of hydrogen-bond donors (Lipinski definition) is 7. The number of carbonyl (C=O) groups excluding carboxylic acids is 13. The number of Topliss-reactive ketones (excluding diaryl/α,β-unsaturated/α-hetero) is 3. The summed E-state index contributed by atoms with van der Waals surface area (Å²) in [5, 5.41) is 14.7. The van der Waals surface area contributed by atoms with Crippen molar-refractivity contribution in [1.82, 2.24) is 30.6 Å². The second-order valence-electron chi connectivity index (χ2n) is 33.3. The molecule has 10 N–H and O–H groups in total. The predicted octanol–water partition coefficient (Wildman–Crippen LogP) is 6.69. The van der Waals surface area contributed by atoms with Crippen molar-refractivity contribution in [1.29, 1.82) is 0 Å². The number of H-pyrrole nitrogens is 1. The van der Waals surface area contributed by atoms with Crippen molar-refractivity contribution in [3.63, 3.8) is 0 Å². The molecular formula is C97H116N13NaO24S3. The molecule has 4 aliphatic heterocycles. The second kappa shape index (κ2) is 58.3. The molecule has 0 unspecified atom stereocenters. The third-order valence-electron chi connectivity index (χ3n) is 22.6. The van der Waals surface area contributed by atoms with Crippen LogP contribution in [0, 0.1) is 31.1 Å². The quantitative estimate of drug-likeness (QED) is 0.00397. The number of aromatic nitrogens is 4. The van der Waals surface area contributed by atoms with E-state index in [-0.39, 0.29) is 174 Å². The number of nitrogens with two attached hydrogens (primary N) is 3. The maximum atomic E-state index is 14.4. The van der Waals surface area contributed by atoms with Gasteiger partial charge < -0.3 is 77.7 Å². The minimum Gasteiger partial charge on any atom is -0.493 e. The Hall–Kier alpha value is -12.4. The number of carbonyl (C=O) groups is 8. The fraction of sp³-hybridized carbons (Fsp3) is 0.433. The summed E-state index contributed by atoms with van der Waals surface area (Å²) in [5.41, 5.74) is 29.4. The molecular weight excluding hydrogens is 1850 g/mol. The average Bonchev–Trinajstić information content (AvgIpc) is 1.61. The van der Waals surface area contributed by atoms with Gasteiger partial charge in [0, 0.05) is 121 Å². The number of aromatic amines is 1. The van der Waals surface area contributed by atoms with Crippen LogP contribution in [0.4, 0.5) is 23.0 Å². The maximum absolute atomic E-state index is 14.4. The minimum absolute atomic E-state index is 0. The second-order valence-corrected chi connectivity index (χ2v) is 36.9. The predicted molar refractivity (Wildman–Crippen MR) is 509 cm³/mol. The first-order valence-corrected chi connectivity index (χ1v) is 47.7. The molecule has 41 heteroatoms. The first-order chi connectivity index (χ1) is 65.5. The Morgan fingerprint density at radius 1 is 0.717 bits per heavy atom. The fourth-order valence-electron chi connectivity index (χ4n) is 15.8. The number of amides is 4. The molecule has 37 nitrogen and oxygen atoms in total. The van der Waals surface area contributed by atoms with Gasteiger partial charge in [-0.15, -0.1) is 12.6 Å². The molecule has 138 heavy (non-hydrogen) atoms. The van der Waals surface area contributed by atoms with Crippen LogP contribution in [0.1, 0.15) is 187 Å². The van der Waals surface area contributed by atoms with Crippen molar-refractivity contribution >= 4 is 138 Å². The monoisotopic (exact) mass is 1970 g/mol. The number of fused-ring (bicyclic) bond motifs is 9. The molecule has 0 saturated heterocycles. The molecule has 0 fully saturated rings. The summed E-state index contributed by atoms with van der Waals surface area (Å²) >= 11 is 0. The molecule has 4 aliphatic rings. The number of carboxylic acids is 1. The molecule has 0 bridgehead atoms. The van der Waals surface area contributed by atoms with Crippen LogP contribution in [0.15, 0.2) is 131 Å². The van der Waals surface area contributed by atoms with Gasteiger partial charge in [-0.1, -0.05) is 115 Å². The first-order valence-electron chi connectivity index (χ1n) is 44.4. The van der Waals surface area contributed by atoms with Crippen LogP contribution in [0.3, 0.4) is 0 Å². The van der Waals surface area contributed by atoms with E-state index in [0.29, 0.717) is 125 Å². The zero-order valence-electron chi connectivity index (χ0n) is 78.9. The number of hydrogen-bond acceptors (Lipinski definition) is 31. The van der Waals surface area contributed by atoms with E-state index in [4.69, 9.17) is 82.3 Å². The summed E-state index contributed by atoms with van der Waals surface area (Å²) < 4.78 is 56.6. The zero-order chi connectivity index (χ0) is 100. The summed E-state index contributed by atoms with van der Waals surface area (Å²) in [7, 11) is 3.45. The molecule has 0 spiro atoms. The number of aryl methyl sites for hydroxylation is 4. The van der Waals surface area contributed by atoms with Crippen molar-refractivity contribution < 1.29 is 138 Å². The van der Waals surface area contributed by atoms with Crippen LogP contribution in [0.5, 0.6) is 17.2 Å². The van der Waals surface area contributed by atoms with Gasteiger partial charge in [-0.25, -0.2) is 9.97 Å². The Balaban J connectivity index is 0.000000512. The Bertz CT molecular complexity index is 5810. The molecule has 4 amide bonds. The number of aliphatic imine (C=N–C) groups is 1. The van der Waals surface area contributed by atoms with Gasteiger partial charge in [0.15, 0.2) is 40.2 Å². The van der Waals surface area contributed by atoms with Crippen LogP contribution >= 0.6 is 21.6 Å². The normalized spacial score (nSPS) is 13.9. The van der Waals surface area contributed by atoms with Gasteiger partial charge in [0.2, 0.25) is 17.8 Å². The van der Waals surface area contributed by atoms with Crippen molar-refractivity contribution in [3.8, 4) is 17.2 Å². The van der Waals surface area contributed by atoms with E-state index in [1.807, 2.05) is 79.1 Å². The van der Waals surface area contributed by atoms with E-state index in [9.17, 15) is 48.3 Å². The SMILES string of the molecule is CCCOCCOCCN(CC(C)(C)SSCCCC(=O)[C@@H](C)NC(=O)[C@@H](CCCN=C(N)N)CC(=O)C(C)C)c1cc(COc2cc3c(cc2C)C(=O)N2c4ccccc4C[C@H]2CC3)cc(COc2cc3c(cc2OC)C(=O)N2c4ccccc4C[C@H]2[CH-]C3)c1.CNC(=O)CC[C@@H](CC(=O)c1ccc(CCc2cnc3nc(N)[nH]c(=O)c3n2)cc1)C(=O)O.O=C=O.O=C=O.O=C=O.O=S(=O)=O.[Na+]. The van der Waals surface area contributed by atoms with Gasteiger partial charge in [0.1, 0.15) is 24.7 Å². The molecule has 2 aromatic heterocycles. The number of rotatable bonds is 44. The van der Waals surface area contributed by atoms with Gasteiger partial charge in [-0.2, -0.15) is 40.2 Å². The van der Waals surface area contributed by atoms with Crippen molar-refractivity contribution in [2.75, 3.05) is 86.4 Å². The molecule has 732 valence electrons. The van der Waals surface area contributed by atoms with Gasteiger partial charge in [0.05, 0.1) is 50.8 Å². The third kappa shape index (κ3) is 35.5. The number of nitrogens with zero attached hydrogens (tertiary/aromatic N) is 7. The Labute approximate surface area is 830 Å². The molecule has 5 atom stereocenters. The van der Waals surface area contributed by atoms with Crippen molar-refractivity contribution in [3.05, 3.63) is 205 Å². The summed E-state index contributed by atoms with van der Waals surface area (Å²) in [4.78, 5) is 189. The number of nitrogen functional groups attached to an aromatic ring is 1. The summed E-state index contributed by atoms with van der Waals surface area (Å²) in [5.74, 6) is -1.41. The van der Waals surface area contributed by atoms with E-state index in [1.165, 1.54) is 18.8 Å². The smallest absolute Gasteiger partial charge is 0.493 e. The number of para-hydroxylation sites is 2. The average molecular weight is 1970 g/mol. The van der Waals surface area contributed by atoms with Crippen LogP contribution in [-0.4, -0.2) is 198 Å². The zero-order valence-corrected chi connectivity index (χ0v) is 83.3. The van der Waals surface area contributed by atoms with E-state index in [1.54, 1.807) is 59.9 Å². The molecule has 0 aliphatic carbocycles. The Morgan fingerprint density at radius 2 is 1.33 bits per heavy atom. The third-order valence-corrected chi connectivity index (χ3v) is 25.9. The van der Waals surface area contributed by atoms with Crippen LogP contribution in [0.2, 0.25) is 0 Å². The van der Waals surface area contributed by atoms with E-state index in [2.05, 4.69) is 110 Å². The molecule has 6 aromatic carbocycles. The summed E-state index contributed by atoms with van der Waals surface area (Å²) in [6, 6.07) is 36.9. The summed E-state index contributed by atoms with van der Waals surface area (Å²) in [6.45, 7) is 17.9. The van der Waals surface area contributed by atoms with Crippen LogP contribution < -0.4 is 91.9 Å². The molecule has 6 heterocycles. The van der Waals surface area contributed by atoms with Gasteiger partial charge in [-0.3, -0.25) is 53.1 Å². The number of benzene rings is 6. The van der Waals surface area contributed by atoms with Gasteiger partial charge in [-0.05, 0) is 192 Å². The van der Waals surface area contributed by atoms with E-state index < -0.39 is 40.0 Å². The van der Waals surface area contributed by atoms with Gasteiger partial charge >= 0.3 is 64.6 Å². The summed E-state index contributed by atoms with van der Waals surface area (Å²) in [6.07, 6.45) is 12.3. The number of nitrogens with one attached hydrogen (secondary N) is 3. The Morgan fingerprint density at radius 3 is 1.95 bits per heavy atom. The number of ketones is 3. The number of guanidine groups is 1. The molecule has 0 saturated carbocycles. The number of anilines is 4. The largest absolute Gasteiger partial charge is 1.00 e. The number of aliphatic carboxylic acids is 1. The van der Waals surface area contributed by atoms with Gasteiger partial charge in [0.25, 0.3) is 17.4 Å². The topological polar surface area (TPSA) is 552 Å². The van der Waals surface area contributed by atoms with E-state index >= 15 is 0 Å². The fourth-order valence-corrected chi connectivity index (χ4v) is 18.4. The first kappa shape index (κ1) is 114. The van der Waals surface area contributed by atoms with Crippen LogP contribution in [-0.2, 0) is 125 Å². The Kier molecular flexibility index (Phi) is 48.3. The molecule has 12 rings (SSSR count). The maximum Gasteiger partial charge on any atom is 1.00 e. The molecule has 0 radical (unpaired) electrons. The van der Waals surface area contributed by atoms with Crippen molar-refractivity contribution in [2.24, 2.45) is 34.2 Å². The number of carboxylic acid groups (broad SMARTS) is 1. The van der Waals surface area contributed by atoms with E-state index in [0.717, 1.165) is 99.4 Å². The number of methoxy groups -OCH3 is 1. The van der Waals surface area contributed by atoms with Crippen molar-refractivity contribution in [2.45, 2.75) is 187 Å². The number of ether oxygens (including phenoxy) is 5. The minimum atomic E-state index is -3.11. The standard InChI is InChI=1S/C72H92N7O10S2.C22H24N6O5.3CO2.Na.O3S/c1-9-28-86-30-31-87-29-27-77(45-72(6,7)91-90-32-15-21-63(80)48(5)76-68(82)55(39-64(81)46(2)3)18-14-26-75-71(73)74)58-35-49(43-88-65-40-51-22-24-56-37-53-16-10-12-19-61(53)78(56)69(83)59(51)33-47(65)4)34-50(36-58)44-89-67-41-52-23-25-57-38-54-17-11-13-20-62(54)79(57)70(84)60(52)42-66(67)85-8;1-24-17(30)9-7-14(21(32)33)10-16(29)13-5-2-12(3-6-13)4-8-15-11-25-19-18(26-15)20(31)28-22(23)27-19;3*2-1-3;;1-4(2)3/h10-13,16-17,19-20,25,33-36,40-42,46,48,55-57H,9,14-15,18,21-24,26-32,37-39,43-45H2,1-8H3,(H,76,82)(H4,73,74,75);2-3,5-6,11,14H,4,7-10H2,1H3,(H,24,30)(H,32,33)(H3,23,25,27,28,31);;;;;/q-1;;;;;+1;/t48-,55+,56-,57-;14-;;;;;/m10...../s1.